The van der Waals surface area contributed by atoms with Gasteiger partial charge in [0, 0.05) is 11.8 Å². The number of ether oxygens (including phenoxy) is 1. The highest BCUT2D eigenvalue weighted by molar-refractivity contribution is 5.88. The molecule has 1 saturated carbocycles. The Balaban J connectivity index is 2.32. The number of carbonyl (C=O) groups excluding carboxylic acids is 2. The van der Waals surface area contributed by atoms with Crippen LogP contribution in [-0.4, -0.2) is 18.9 Å². The second-order valence-electron chi connectivity index (χ2n) is 5.37. The summed E-state index contributed by atoms with van der Waals surface area (Å²) in [7, 11) is 1.44. The molecule has 2 aliphatic rings. The van der Waals surface area contributed by atoms with Crippen LogP contribution < -0.4 is 0 Å². The number of allylic oxidation sites excluding steroid dienone is 2. The molecular formula is C14H20O3. The first-order valence-electron chi connectivity index (χ1n) is 6.35. The van der Waals surface area contributed by atoms with E-state index in [4.69, 9.17) is 4.74 Å². The molecule has 0 radical (unpaired) electrons. The highest BCUT2D eigenvalue weighted by Gasteiger charge is 2.50. The van der Waals surface area contributed by atoms with E-state index in [1.165, 1.54) is 7.11 Å². The van der Waals surface area contributed by atoms with Crippen LogP contribution in [0.4, 0.5) is 0 Å². The van der Waals surface area contributed by atoms with E-state index >= 15 is 0 Å². The van der Waals surface area contributed by atoms with Crippen LogP contribution in [0.1, 0.15) is 39.0 Å². The Labute approximate surface area is 102 Å². The molecule has 2 aliphatic carbocycles. The molecule has 0 N–H and O–H groups in total. The van der Waals surface area contributed by atoms with Gasteiger partial charge in [0.05, 0.1) is 13.0 Å². The number of hydrogen-bond donors (Lipinski definition) is 0. The van der Waals surface area contributed by atoms with Crippen LogP contribution in [0.2, 0.25) is 0 Å². The summed E-state index contributed by atoms with van der Waals surface area (Å²) in [5, 5.41) is 0. The first-order chi connectivity index (χ1) is 8.09. The zero-order valence-electron chi connectivity index (χ0n) is 10.6. The molecule has 0 amide bonds. The van der Waals surface area contributed by atoms with Crippen LogP contribution in [0, 0.1) is 17.3 Å². The summed E-state index contributed by atoms with van der Waals surface area (Å²) in [4.78, 5) is 23.9. The van der Waals surface area contributed by atoms with Crippen molar-refractivity contribution in [3.8, 4) is 0 Å². The van der Waals surface area contributed by atoms with Gasteiger partial charge in [0.2, 0.25) is 0 Å². The van der Waals surface area contributed by atoms with Gasteiger partial charge < -0.3 is 4.74 Å². The summed E-state index contributed by atoms with van der Waals surface area (Å²) < 4.78 is 4.90. The third-order valence-electron chi connectivity index (χ3n) is 4.48. The maximum absolute atomic E-state index is 12.1. The van der Waals surface area contributed by atoms with Crippen molar-refractivity contribution in [2.24, 2.45) is 17.3 Å². The molecule has 94 valence electrons. The normalized spacial score (nSPS) is 39.1. The monoisotopic (exact) mass is 236 g/mol. The standard InChI is InChI=1S/C14H20O3/c1-14-9-5-3-4-6-10(13(16)17-2)11(14)7-8-12(14)15/h3,5,10-11H,4,6-9H2,1-2H3/b5-3-/t10-,11+,14+/m0/s1. The number of methoxy groups -OCH3 is 1. The van der Waals surface area contributed by atoms with Crippen molar-refractivity contribution in [1.82, 2.24) is 0 Å². The van der Waals surface area contributed by atoms with Crippen molar-refractivity contribution >= 4 is 11.8 Å². The Morgan fingerprint density at radius 1 is 1.41 bits per heavy atom. The maximum atomic E-state index is 12.1. The topological polar surface area (TPSA) is 43.4 Å². The van der Waals surface area contributed by atoms with Gasteiger partial charge in [-0.25, -0.2) is 0 Å². The number of Topliss-reactive ketones (excluding diaryl/α,β-unsaturated/α-hetero) is 1. The minimum atomic E-state index is -0.351. The van der Waals surface area contributed by atoms with E-state index in [0.29, 0.717) is 12.2 Å². The Bertz CT molecular complexity index is 358. The molecule has 17 heavy (non-hydrogen) atoms. The maximum Gasteiger partial charge on any atom is 0.308 e. The molecule has 0 spiro atoms. The van der Waals surface area contributed by atoms with Crippen molar-refractivity contribution in [2.45, 2.75) is 39.0 Å². The third kappa shape index (κ3) is 2.03. The lowest BCUT2D eigenvalue weighted by molar-refractivity contribution is -0.149. The van der Waals surface area contributed by atoms with E-state index in [0.717, 1.165) is 25.7 Å². The number of ketones is 1. The molecule has 1 fully saturated rings. The molecule has 2 rings (SSSR count). The van der Waals surface area contributed by atoms with Crippen LogP contribution in [0.3, 0.4) is 0 Å². The fourth-order valence-corrected chi connectivity index (χ4v) is 3.36. The zero-order valence-corrected chi connectivity index (χ0v) is 10.6. The minimum Gasteiger partial charge on any atom is -0.469 e. The van der Waals surface area contributed by atoms with Crippen LogP contribution in [0.25, 0.3) is 0 Å². The molecule has 0 aromatic rings. The molecule has 3 heteroatoms. The predicted octanol–water partition coefficient (Wildman–Crippen LogP) is 2.50. The van der Waals surface area contributed by atoms with Gasteiger partial charge in [-0.2, -0.15) is 0 Å². The van der Waals surface area contributed by atoms with Gasteiger partial charge >= 0.3 is 5.97 Å². The second kappa shape index (κ2) is 4.63. The molecule has 0 unspecified atom stereocenters. The molecule has 0 saturated heterocycles. The van der Waals surface area contributed by atoms with Crippen LogP contribution in [-0.2, 0) is 14.3 Å². The van der Waals surface area contributed by atoms with Gasteiger partial charge in [-0.15, -0.1) is 0 Å². The van der Waals surface area contributed by atoms with Crippen LogP contribution in [0.15, 0.2) is 12.2 Å². The van der Waals surface area contributed by atoms with Crippen molar-refractivity contribution in [1.29, 1.82) is 0 Å². The Morgan fingerprint density at radius 2 is 2.18 bits per heavy atom. The summed E-state index contributed by atoms with van der Waals surface area (Å²) in [6, 6.07) is 0. The predicted molar refractivity (Wildman–Crippen MR) is 64.3 cm³/mol. The highest BCUT2D eigenvalue weighted by atomic mass is 16.5. The molecule has 3 nitrogen and oxygen atoms in total. The third-order valence-corrected chi connectivity index (χ3v) is 4.48. The molecule has 0 aromatic heterocycles. The molecular weight excluding hydrogens is 216 g/mol. The van der Waals surface area contributed by atoms with Crippen LogP contribution >= 0.6 is 0 Å². The first-order valence-corrected chi connectivity index (χ1v) is 6.35. The summed E-state index contributed by atoms with van der Waals surface area (Å²) in [5.41, 5.74) is -0.351. The van der Waals surface area contributed by atoms with Gasteiger partial charge in [0.1, 0.15) is 5.78 Å². The molecule has 3 atom stereocenters. The summed E-state index contributed by atoms with van der Waals surface area (Å²) >= 11 is 0. The molecule has 0 bridgehead atoms. The Kier molecular flexibility index (Phi) is 3.36. The van der Waals surface area contributed by atoms with E-state index < -0.39 is 0 Å². The summed E-state index contributed by atoms with van der Waals surface area (Å²) in [6.45, 7) is 2.01. The molecule has 0 aliphatic heterocycles. The second-order valence-corrected chi connectivity index (χ2v) is 5.37. The van der Waals surface area contributed by atoms with Crippen molar-refractivity contribution in [2.75, 3.05) is 7.11 Å². The lowest BCUT2D eigenvalue weighted by Gasteiger charge is -2.34. The fraction of sp³-hybridized carbons (Fsp3) is 0.714. The number of esters is 1. The summed E-state index contributed by atoms with van der Waals surface area (Å²) in [6.07, 6.45) is 8.11. The Morgan fingerprint density at radius 3 is 2.88 bits per heavy atom. The van der Waals surface area contributed by atoms with Crippen LogP contribution in [0.5, 0.6) is 0 Å². The molecule has 0 aromatic carbocycles. The highest BCUT2D eigenvalue weighted by Crippen LogP contribution is 2.49. The quantitative estimate of drug-likeness (QED) is 0.519. The van der Waals surface area contributed by atoms with Gasteiger partial charge in [0.15, 0.2) is 0 Å². The van der Waals surface area contributed by atoms with Gasteiger partial charge in [-0.3, -0.25) is 9.59 Å². The van der Waals surface area contributed by atoms with E-state index in [9.17, 15) is 9.59 Å². The number of hydrogen-bond acceptors (Lipinski definition) is 3. The lowest BCUT2D eigenvalue weighted by atomic mass is 9.68. The average molecular weight is 236 g/mol. The van der Waals surface area contributed by atoms with Crippen molar-refractivity contribution in [3.63, 3.8) is 0 Å². The van der Waals surface area contributed by atoms with E-state index in [2.05, 4.69) is 12.2 Å². The smallest absolute Gasteiger partial charge is 0.308 e. The van der Waals surface area contributed by atoms with E-state index in [1.807, 2.05) is 6.92 Å². The SMILES string of the molecule is COC(=O)[C@H]1CC/C=C\C[C@@]2(C)C(=O)CC[C@H]12. The largest absolute Gasteiger partial charge is 0.469 e. The van der Waals surface area contributed by atoms with Gasteiger partial charge in [-0.1, -0.05) is 19.1 Å². The van der Waals surface area contributed by atoms with Crippen molar-refractivity contribution in [3.05, 3.63) is 12.2 Å². The lowest BCUT2D eigenvalue weighted by Crippen LogP contribution is -2.37. The minimum absolute atomic E-state index is 0.110. The number of carbonyl (C=O) groups is 2. The number of fused-ring (bicyclic) bond motifs is 1. The molecule has 0 heterocycles. The average Bonchev–Trinajstić information content (AvgIpc) is 2.57. The first kappa shape index (κ1) is 12.3. The summed E-state index contributed by atoms with van der Waals surface area (Å²) in [5.74, 6) is 0.211. The number of rotatable bonds is 1. The van der Waals surface area contributed by atoms with E-state index in [-0.39, 0.29) is 23.2 Å². The van der Waals surface area contributed by atoms with Gasteiger partial charge in [-0.05, 0) is 31.6 Å². The van der Waals surface area contributed by atoms with E-state index in [1.54, 1.807) is 0 Å². The van der Waals surface area contributed by atoms with Gasteiger partial charge in [0.25, 0.3) is 0 Å². The zero-order chi connectivity index (χ0) is 12.5. The van der Waals surface area contributed by atoms with Crippen molar-refractivity contribution < 1.29 is 14.3 Å². The fourth-order valence-electron chi connectivity index (χ4n) is 3.36. The Hall–Kier alpha value is -1.12.